The van der Waals surface area contributed by atoms with Crippen molar-refractivity contribution in [3.8, 4) is 11.5 Å². The zero-order valence-electron chi connectivity index (χ0n) is 58.7. The van der Waals surface area contributed by atoms with Crippen LogP contribution in [0.5, 0.6) is 11.5 Å². The van der Waals surface area contributed by atoms with E-state index in [-0.39, 0.29) is 76.3 Å². The van der Waals surface area contributed by atoms with Gasteiger partial charge in [-0.3, -0.25) is 47.3 Å². The first-order valence-corrected chi connectivity index (χ1v) is 39.9. The molecule has 0 bridgehead atoms. The van der Waals surface area contributed by atoms with Crippen LogP contribution in [0, 0.1) is 11.8 Å². The summed E-state index contributed by atoms with van der Waals surface area (Å²) >= 11 is 50.5. The number of nitrogens with zero attached hydrogens (tertiary/aromatic N) is 12. The number of aromatic nitrogens is 14. The fourth-order valence-corrected chi connectivity index (χ4v) is 18.2. The molecule has 38 nitrogen and oxygen atoms in total. The molecule has 14 rings (SSSR count). The average Bonchev–Trinajstić information content (AvgIpc) is 1.62. The maximum absolute atomic E-state index is 13.6. The van der Waals surface area contributed by atoms with Gasteiger partial charge in [0.05, 0.1) is 62.2 Å². The molecule has 4 saturated heterocycles. The number of rotatable bonds is 22. The van der Waals surface area contributed by atoms with Crippen LogP contribution in [0.25, 0.3) is 44.4 Å². The molecule has 0 spiro atoms. The minimum atomic E-state index is -3.90. The predicted octanol–water partition coefficient (Wildman–Crippen LogP) is 6.17. The Kier molecular flexibility index (Phi) is 26.3. The van der Waals surface area contributed by atoms with E-state index in [4.69, 9.17) is 158 Å². The van der Waals surface area contributed by atoms with Crippen molar-refractivity contribution in [3.05, 3.63) is 131 Å². The molecular formula is C64H72Cl8N18O20P2. The number of hydrogen-bond donors (Lipinski definition) is 12. The van der Waals surface area contributed by atoms with Gasteiger partial charge in [0.2, 0.25) is 11.9 Å². The number of para-hydroxylation sites is 2. The van der Waals surface area contributed by atoms with E-state index in [1.807, 2.05) is 0 Å². The largest absolute Gasteiger partial charge is 0.424 e. The van der Waals surface area contributed by atoms with E-state index in [0.29, 0.717) is 33.6 Å². The third-order valence-electron chi connectivity index (χ3n) is 18.1. The molecule has 0 saturated carbocycles. The Balaban J connectivity index is 0.000000152. The number of H-pyrrole nitrogens is 2. The number of fused-ring (bicyclic) bond motifs is 4. The van der Waals surface area contributed by atoms with Crippen LogP contribution in [0.4, 0.5) is 23.5 Å². The van der Waals surface area contributed by atoms with E-state index >= 15 is 0 Å². The molecule has 112 heavy (non-hydrogen) atoms. The molecule has 16 N–H and O–H groups in total. The minimum absolute atomic E-state index is 0.0267. The van der Waals surface area contributed by atoms with Gasteiger partial charge in [0, 0.05) is 24.2 Å². The minimum Gasteiger partial charge on any atom is -0.424 e. The number of aromatic amines is 2. The Morgan fingerprint density at radius 1 is 0.500 bits per heavy atom. The van der Waals surface area contributed by atoms with E-state index in [2.05, 4.69) is 49.8 Å². The molecule has 48 heteroatoms. The van der Waals surface area contributed by atoms with Crippen molar-refractivity contribution in [1.29, 1.82) is 0 Å². The second-order valence-corrected chi connectivity index (χ2v) is 35.8. The number of alkyl halides is 8. The topological polar surface area (TPSA) is 556 Å². The standard InChI is InChI=1S/C22H25Cl2N4O6P.C21H24Cl2N5O7P.C11H12Cl2N4O3.C10H11Cl2N5O4/c1-13(14(2)29)11-35(31,34-15-6-4-3-5-7-15)32-10-17-18(30)22(23,24)21(33-17)28-9-8-16-19(25)26-12-27-20(16)28;1-11(12(2)29)9-36(32,35-13-6-4-3-5-7-13)33-8-14-16(30)21(22,23)19(34-14)28-10-25-15-17(28)26-20(24)27-18(15)31;12-11(13)7(19)6(3-18)20-10(11)17-2-1-5-8(14)15-4-16-9(5)17;11-10(12)5(19)3(1-18)21-8(10)17-2-14-4-6(17)15-9(13)16-7(4)20/h3-9,12-13,17-18,21,30H,10-11H2,1-2H3,(H2,25,26,27);3-7,10-11,14,16,19,30H,8-9H2,1-2H3,(H3,24,26,27,31);1-2,4,6-7,10,18-19H,3H2,(H2,14,15,16);2-3,5,8,18-19H,1H2,(H3,13,15,16,20)/t13-,17-,18+,21-,35?;11-,14-,16+,19-,36?;6-,7+,10-;3-,5+,8-/m1111/s1. The van der Waals surface area contributed by atoms with Crippen LogP contribution in [-0.2, 0) is 46.7 Å². The number of nitrogens with two attached hydrogens (primary N) is 4. The van der Waals surface area contributed by atoms with Gasteiger partial charge in [-0.2, -0.15) is 9.97 Å². The summed E-state index contributed by atoms with van der Waals surface area (Å²) in [4.78, 5) is 84.2. The van der Waals surface area contributed by atoms with Crippen molar-refractivity contribution in [2.45, 2.75) is 119 Å². The number of Topliss-reactive ketones (excluding diaryl/α,β-unsaturated/α-hetero) is 2. The Morgan fingerprint density at radius 2 is 0.821 bits per heavy atom. The van der Waals surface area contributed by atoms with Gasteiger partial charge >= 0.3 is 15.2 Å². The summed E-state index contributed by atoms with van der Waals surface area (Å²) in [6, 6.07) is 20.2. The van der Waals surface area contributed by atoms with Crippen LogP contribution >= 0.6 is 108 Å². The van der Waals surface area contributed by atoms with Gasteiger partial charge in [0.15, 0.2) is 64.6 Å². The summed E-state index contributed by atoms with van der Waals surface area (Å²) in [5, 5.41) is 61.2. The number of halogens is 8. The van der Waals surface area contributed by atoms with Crippen molar-refractivity contribution in [3.63, 3.8) is 0 Å². The van der Waals surface area contributed by atoms with Gasteiger partial charge in [0.25, 0.3) is 11.1 Å². The van der Waals surface area contributed by atoms with Crippen LogP contribution in [0.3, 0.4) is 0 Å². The lowest BCUT2D eigenvalue weighted by Crippen LogP contribution is -2.38. The van der Waals surface area contributed by atoms with Gasteiger partial charge in [-0.25, -0.2) is 39.0 Å². The lowest BCUT2D eigenvalue weighted by molar-refractivity contribution is -0.120. The molecule has 0 amide bonds. The molecule has 16 atom stereocenters. The maximum Gasteiger partial charge on any atom is 0.379 e. The van der Waals surface area contributed by atoms with E-state index in [1.54, 1.807) is 104 Å². The van der Waals surface area contributed by atoms with Crippen molar-refractivity contribution >= 4 is 187 Å². The summed E-state index contributed by atoms with van der Waals surface area (Å²) in [6.07, 6.45) is -5.87. The molecule has 2 unspecified atom stereocenters. The first-order valence-electron chi connectivity index (χ1n) is 33.4. The molecule has 4 aliphatic rings. The molecule has 12 heterocycles. The number of carbonyl (C=O) groups is 2. The number of hydrogen-bond acceptors (Lipinski definition) is 32. The highest BCUT2D eigenvalue weighted by Gasteiger charge is 2.60. The van der Waals surface area contributed by atoms with Crippen molar-refractivity contribution in [2.75, 3.05) is 61.7 Å². The summed E-state index contributed by atoms with van der Waals surface area (Å²) in [7, 11) is -7.74. The highest BCUT2D eigenvalue weighted by Crippen LogP contribution is 2.56. The fourth-order valence-electron chi connectivity index (χ4n) is 11.9. The number of nitrogen functional groups attached to an aromatic ring is 4. The van der Waals surface area contributed by atoms with Gasteiger partial charge in [0.1, 0.15) is 107 Å². The Labute approximate surface area is 672 Å². The SMILES string of the molecule is CC(=O)[C@H](C)CP(=O)(OC[C@H]1O[C@@H](n2ccc3c(N)ncnc32)C(Cl)(Cl)[C@H]1O)Oc1ccccc1.CC(=O)[C@H](C)CP(=O)(OC[C@H]1O[C@@H](n2cnc3c(=O)[nH]c(N)nc32)C(Cl)(Cl)[C@H]1O)Oc1ccccc1.Nc1nc2c(ncn2[C@@H]2O[C@H](CO)[C@H](O)C2(Cl)Cl)c(=O)[nH]1.Nc1ncnc2c1ccn2[C@@H]1O[C@H](CO)[C@H](O)C1(Cl)Cl. The third-order valence-corrected chi connectivity index (χ3v) is 25.4. The molecule has 2 aromatic carbocycles. The van der Waals surface area contributed by atoms with Crippen molar-refractivity contribution < 1.29 is 86.4 Å². The Morgan fingerprint density at radius 3 is 1.14 bits per heavy atom. The zero-order valence-corrected chi connectivity index (χ0v) is 66.5. The van der Waals surface area contributed by atoms with Crippen LogP contribution in [0.1, 0.15) is 52.6 Å². The lowest BCUT2D eigenvalue weighted by Gasteiger charge is -2.24. The third kappa shape index (κ3) is 17.8. The number of carbonyl (C=O) groups excluding carboxylic acids is 2. The summed E-state index contributed by atoms with van der Waals surface area (Å²) < 4.78 is 71.3. The van der Waals surface area contributed by atoms with Crippen LogP contribution < -0.4 is 43.1 Å². The molecule has 0 aliphatic carbocycles. The van der Waals surface area contributed by atoms with E-state index in [0.717, 1.165) is 0 Å². The second-order valence-electron chi connectivity index (χ2n) is 25.9. The maximum atomic E-state index is 13.6. The molecule has 10 aromatic rings. The highest BCUT2D eigenvalue weighted by atomic mass is 35.5. The first kappa shape index (κ1) is 85.7. The average molecular weight is 1760 g/mol. The van der Waals surface area contributed by atoms with Crippen molar-refractivity contribution in [1.82, 2.24) is 68.1 Å². The van der Waals surface area contributed by atoms with Gasteiger partial charge in [-0.15, -0.1) is 0 Å². The first-order chi connectivity index (χ1) is 52.7. The summed E-state index contributed by atoms with van der Waals surface area (Å²) in [5.41, 5.74) is 22.7. The lowest BCUT2D eigenvalue weighted by atomic mass is 10.1. The van der Waals surface area contributed by atoms with Crippen molar-refractivity contribution in [2.24, 2.45) is 11.8 Å². The quantitative estimate of drug-likeness (QED) is 0.0266. The van der Waals surface area contributed by atoms with Crippen LogP contribution in [0.15, 0.2) is 120 Å². The predicted molar refractivity (Wildman–Crippen MR) is 411 cm³/mol. The van der Waals surface area contributed by atoms with Gasteiger partial charge in [-0.05, 0) is 50.2 Å². The molecule has 604 valence electrons. The number of ketones is 2. The number of imidazole rings is 2. The summed E-state index contributed by atoms with van der Waals surface area (Å²) in [5.74, 6) is -0.644. The van der Waals surface area contributed by atoms with E-state index in [9.17, 15) is 53.8 Å². The smallest absolute Gasteiger partial charge is 0.379 e. The number of aliphatic hydroxyl groups excluding tert-OH is 6. The Bertz CT molecular complexity index is 5270. The van der Waals surface area contributed by atoms with Gasteiger partial charge in [-0.1, -0.05) is 143 Å². The molecule has 0 radical (unpaired) electrons. The highest BCUT2D eigenvalue weighted by molar-refractivity contribution is 7.54. The number of aliphatic hydroxyl groups is 6. The number of nitrogens with one attached hydrogen (secondary N) is 2. The number of benzene rings is 2. The van der Waals surface area contributed by atoms with Crippen LogP contribution in [0.2, 0.25) is 0 Å². The van der Waals surface area contributed by atoms with E-state index < -0.39 is 149 Å². The number of anilines is 4. The van der Waals surface area contributed by atoms with Gasteiger partial charge < -0.3 is 90.7 Å². The summed E-state index contributed by atoms with van der Waals surface area (Å²) in [6.45, 7) is 4.37. The Hall–Kier alpha value is -7.18. The normalized spacial score (nSPS) is 25.7. The van der Waals surface area contributed by atoms with Crippen LogP contribution in [-0.4, -0.2) is 215 Å². The second kappa shape index (κ2) is 34.3. The monoisotopic (exact) mass is 1750 g/mol. The number of ether oxygens (including phenoxy) is 4. The zero-order chi connectivity index (χ0) is 81.5. The van der Waals surface area contributed by atoms with E-state index in [1.165, 1.54) is 52.9 Å². The molecular weight excluding hydrogens is 1690 g/mol. The molecule has 8 aromatic heterocycles. The molecule has 4 aliphatic heterocycles. The fraction of sp³-hybridized carbons (Fsp3) is 0.438. The molecule has 4 fully saturated rings.